The zero-order valence-electron chi connectivity index (χ0n) is 60.3. The maximum atomic E-state index is 6.87. The Morgan fingerprint density at radius 3 is 0.830 bits per heavy atom. The van der Waals surface area contributed by atoms with Gasteiger partial charge in [-0.25, -0.2) is 0 Å². The van der Waals surface area contributed by atoms with Gasteiger partial charge in [0, 0.05) is 36.5 Å². The average Bonchev–Trinajstić information content (AvgIpc) is 1.59. The van der Waals surface area contributed by atoms with E-state index in [-0.39, 0.29) is 0 Å². The van der Waals surface area contributed by atoms with Gasteiger partial charge in [-0.2, -0.15) is 0 Å². The lowest BCUT2D eigenvalue weighted by molar-refractivity contribution is 0.0801. The largest absolute Gasteiger partial charge is 0.351 e. The maximum Gasteiger partial charge on any atom is 0.216 e. The monoisotopic (exact) mass is 1310 g/mol. The fourth-order valence-corrected chi connectivity index (χ4v) is 14.2. The number of ether oxygens (including phenoxy) is 2. The van der Waals surface area contributed by atoms with E-state index in [2.05, 4.69) is 220 Å². The van der Waals surface area contributed by atoms with Crippen molar-refractivity contribution in [3.63, 3.8) is 0 Å². The van der Waals surface area contributed by atoms with Crippen molar-refractivity contribution in [3.8, 4) is 81.5 Å². The molecule has 0 aliphatic heterocycles. The molecule has 502 valence electrons. The molecule has 2 atom stereocenters. The summed E-state index contributed by atoms with van der Waals surface area (Å²) in [6, 6.07) is 69.3. The van der Waals surface area contributed by atoms with Gasteiger partial charge in [0.2, 0.25) is 11.2 Å². The highest BCUT2D eigenvalue weighted by Crippen LogP contribution is 2.49. The van der Waals surface area contributed by atoms with Gasteiger partial charge in [-0.3, -0.25) is 0 Å². The smallest absolute Gasteiger partial charge is 0.216 e. The van der Waals surface area contributed by atoms with Crippen LogP contribution in [0.15, 0.2) is 217 Å². The lowest BCUT2D eigenvalue weighted by Gasteiger charge is -2.25. The summed E-state index contributed by atoms with van der Waals surface area (Å²) in [6.07, 6.45) is 28.1. The van der Waals surface area contributed by atoms with Crippen LogP contribution in [0.3, 0.4) is 0 Å². The predicted octanol–water partition coefficient (Wildman–Crippen LogP) is 24.0. The van der Waals surface area contributed by atoms with E-state index >= 15 is 0 Å². The molecule has 0 saturated heterocycles. The summed E-state index contributed by atoms with van der Waals surface area (Å²) < 4.78 is 13.7. The molecule has 100 heavy (non-hydrogen) atoms. The number of methoxy groups -OCH3 is 2. The van der Waals surface area contributed by atoms with E-state index < -0.39 is 11.2 Å². The zero-order chi connectivity index (χ0) is 69.2. The molecular weight excluding hydrogens is 1210 g/mol. The second-order valence-corrected chi connectivity index (χ2v) is 27.2. The van der Waals surface area contributed by atoms with Crippen LogP contribution in [0.1, 0.15) is 223 Å². The molecule has 8 aromatic carbocycles. The topological polar surface area (TPSA) is 18.5 Å². The standard InChI is InChI=1S/C98H98O2/c1-7-11-15-19-27-39-75-51-61-87-88-62-52-76(40-28-20-16-12-8-2)72-92(88)95(91(87)71-75)83-59-57-81(79-43-31-23-32-44-79)55-56-82(80-45-33-24-34-46-80)58-60-84(66-68-98(100-6,86-49-37-26-38-50-86)70-69-97(99-5,67-65-83)85-47-35-25-36-48-85)96-93-73-77(41-29-21-17-13-9-3)53-63-89(93)90-64-54-78(74-94(90)96)42-30-22-18-14-10-4/h23-26,31-38,43-54,61-64,71-74H,7-22,27-30,39-42H2,1-6H3. The Labute approximate surface area is 600 Å². The molecule has 0 bridgehead atoms. The van der Waals surface area contributed by atoms with Gasteiger partial charge in [0.05, 0.1) is 22.3 Å². The SMILES string of the molecule is CCCCCCCc1ccc2c(c1)C(=C1C#CC(c3ccccc3)=C=C=C(c3ccccc3)C#CC(=C3c4cc(CCCCCCC)ccc4-c4ccc(CCCCCCC)cc43)C#CC(OC)(c3ccccc3)C#CC(OC)(c3ccccc3)C#C1)c1cc(CCCCCCC)ccc1-2. The summed E-state index contributed by atoms with van der Waals surface area (Å²) >= 11 is 0. The van der Waals surface area contributed by atoms with E-state index in [0.29, 0.717) is 22.3 Å². The van der Waals surface area contributed by atoms with Crippen molar-refractivity contribution in [2.45, 2.75) is 193 Å². The quantitative estimate of drug-likeness (QED) is 0.0254. The first kappa shape index (κ1) is 71.5. The minimum atomic E-state index is -1.53. The highest BCUT2D eigenvalue weighted by molar-refractivity contribution is 6.06. The van der Waals surface area contributed by atoms with E-state index in [0.717, 1.165) is 107 Å². The highest BCUT2D eigenvalue weighted by atomic mass is 16.5. The molecule has 2 nitrogen and oxygen atoms in total. The van der Waals surface area contributed by atoms with Crippen LogP contribution in [0, 0.1) is 59.2 Å². The molecule has 8 aromatic rings. The fourth-order valence-electron chi connectivity index (χ4n) is 14.2. The van der Waals surface area contributed by atoms with Gasteiger partial charge in [-0.1, -0.05) is 372 Å². The Morgan fingerprint density at radius 2 is 0.550 bits per heavy atom. The third-order valence-corrected chi connectivity index (χ3v) is 19.9. The summed E-state index contributed by atoms with van der Waals surface area (Å²) in [5.41, 5.74) is 26.7. The molecule has 0 spiro atoms. The summed E-state index contributed by atoms with van der Waals surface area (Å²) in [6.45, 7) is 9.12. The molecule has 0 N–H and O–H groups in total. The van der Waals surface area contributed by atoms with E-state index in [1.807, 2.05) is 72.8 Å². The normalized spacial score (nSPS) is 15.7. The number of aryl methyl sites for hydroxylation is 4. The molecule has 0 aromatic heterocycles. The van der Waals surface area contributed by atoms with Crippen molar-refractivity contribution in [2.24, 2.45) is 0 Å². The van der Waals surface area contributed by atoms with Crippen LogP contribution in [-0.2, 0) is 46.4 Å². The minimum absolute atomic E-state index is 0.645. The van der Waals surface area contributed by atoms with Crippen molar-refractivity contribution < 1.29 is 9.47 Å². The number of allylic oxidation sites excluding steroid dienone is 4. The second kappa shape index (κ2) is 36.4. The molecule has 0 heterocycles. The first-order valence-corrected chi connectivity index (χ1v) is 37.6. The number of fused-ring (bicyclic) bond motifs is 6. The van der Waals surface area contributed by atoms with Gasteiger partial charge >= 0.3 is 0 Å². The zero-order valence-corrected chi connectivity index (χ0v) is 60.3. The van der Waals surface area contributed by atoms with Crippen molar-refractivity contribution >= 4 is 22.3 Å². The number of benzene rings is 8. The van der Waals surface area contributed by atoms with E-state index in [4.69, 9.17) is 9.47 Å². The molecule has 3 aliphatic rings. The molecule has 0 radical (unpaired) electrons. The Balaban J connectivity index is 1.25. The molecule has 0 saturated carbocycles. The molecule has 0 amide bonds. The van der Waals surface area contributed by atoms with Crippen LogP contribution in [0.4, 0.5) is 0 Å². The third-order valence-electron chi connectivity index (χ3n) is 19.9. The molecule has 2 unspecified atom stereocenters. The summed E-state index contributed by atoms with van der Waals surface area (Å²) in [5, 5.41) is 0. The van der Waals surface area contributed by atoms with E-state index in [1.54, 1.807) is 14.2 Å². The Hall–Kier alpha value is -9.74. The Bertz CT molecular complexity index is 4230. The van der Waals surface area contributed by atoms with E-state index in [1.165, 1.54) is 147 Å². The van der Waals surface area contributed by atoms with E-state index in [9.17, 15) is 0 Å². The van der Waals surface area contributed by atoms with Crippen LogP contribution in [0.2, 0.25) is 0 Å². The summed E-state index contributed by atoms with van der Waals surface area (Å²) in [5.74, 6) is 37.7. The van der Waals surface area contributed by atoms with Crippen LogP contribution in [0.25, 0.3) is 44.5 Å². The van der Waals surface area contributed by atoms with Crippen LogP contribution >= 0.6 is 0 Å². The lowest BCUT2D eigenvalue weighted by Crippen LogP contribution is -2.29. The number of hydrogen-bond donors (Lipinski definition) is 0. The Kier molecular flexibility index (Phi) is 26.0. The number of hydrogen-bond acceptors (Lipinski definition) is 2. The average molecular weight is 1310 g/mol. The van der Waals surface area contributed by atoms with Crippen molar-refractivity contribution in [1.29, 1.82) is 0 Å². The third kappa shape index (κ3) is 17.8. The number of rotatable bonds is 30. The van der Waals surface area contributed by atoms with Crippen molar-refractivity contribution in [1.82, 2.24) is 0 Å². The Morgan fingerprint density at radius 1 is 0.270 bits per heavy atom. The molecule has 2 heteroatoms. The summed E-state index contributed by atoms with van der Waals surface area (Å²) in [4.78, 5) is 0. The van der Waals surface area contributed by atoms with Crippen LogP contribution in [-0.4, -0.2) is 14.2 Å². The van der Waals surface area contributed by atoms with Gasteiger partial charge in [0.1, 0.15) is 0 Å². The minimum Gasteiger partial charge on any atom is -0.351 e. The van der Waals surface area contributed by atoms with Crippen LogP contribution in [0.5, 0.6) is 0 Å². The predicted molar refractivity (Wildman–Crippen MR) is 422 cm³/mol. The summed E-state index contributed by atoms with van der Waals surface area (Å²) in [7, 11) is 3.40. The van der Waals surface area contributed by atoms with Gasteiger partial charge in [0.15, 0.2) is 0 Å². The fraction of sp³-hybridized carbons (Fsp3) is 0.327. The first-order valence-electron chi connectivity index (χ1n) is 37.6. The van der Waals surface area contributed by atoms with Gasteiger partial charge in [-0.15, -0.1) is 0 Å². The highest BCUT2D eigenvalue weighted by Gasteiger charge is 2.35. The second-order valence-electron chi connectivity index (χ2n) is 27.2. The number of unbranched alkanes of at least 4 members (excludes halogenated alkanes) is 16. The van der Waals surface area contributed by atoms with Crippen molar-refractivity contribution in [3.05, 3.63) is 283 Å². The van der Waals surface area contributed by atoms with Crippen molar-refractivity contribution in [2.75, 3.05) is 14.2 Å². The first-order chi connectivity index (χ1) is 49.3. The molecule has 0 fully saturated rings. The lowest BCUT2D eigenvalue weighted by atomic mass is 9.88. The maximum absolute atomic E-state index is 6.87. The van der Waals surface area contributed by atoms with Gasteiger partial charge < -0.3 is 9.47 Å². The molecule has 11 rings (SSSR count). The van der Waals surface area contributed by atoms with Crippen LogP contribution < -0.4 is 0 Å². The molecular formula is C98H98O2. The van der Waals surface area contributed by atoms with Gasteiger partial charge in [-0.05, 0) is 153 Å². The molecule has 3 aliphatic carbocycles. The van der Waals surface area contributed by atoms with Gasteiger partial charge in [0.25, 0.3) is 0 Å².